The van der Waals surface area contributed by atoms with Crippen LogP contribution in [0.25, 0.3) is 5.69 Å². The fraction of sp³-hybridized carbons (Fsp3) is 0.474. The van der Waals surface area contributed by atoms with Gasteiger partial charge in [0.05, 0.1) is 5.75 Å². The lowest BCUT2D eigenvalue weighted by atomic mass is 10.2. The quantitative estimate of drug-likeness (QED) is 0.678. The number of carbonyl (C=O) groups excluding carboxylic acids is 2. The summed E-state index contributed by atoms with van der Waals surface area (Å²) in [7, 11) is 0. The van der Waals surface area contributed by atoms with Crippen molar-refractivity contribution in [2.45, 2.75) is 50.2 Å². The molecule has 7 nitrogen and oxygen atoms in total. The highest BCUT2D eigenvalue weighted by Crippen LogP contribution is 2.19. The van der Waals surface area contributed by atoms with Crippen LogP contribution in [0.15, 0.2) is 35.7 Å². The molecule has 0 radical (unpaired) electrons. The Morgan fingerprint density at radius 1 is 1.19 bits per heavy atom. The molecule has 2 aromatic rings. The maximum Gasteiger partial charge on any atom is 0.230 e. The van der Waals surface area contributed by atoms with Crippen molar-refractivity contribution < 1.29 is 9.59 Å². The van der Waals surface area contributed by atoms with E-state index in [0.29, 0.717) is 24.2 Å². The minimum absolute atomic E-state index is 0.00830. The highest BCUT2D eigenvalue weighted by molar-refractivity contribution is 7.99. The molecule has 27 heavy (non-hydrogen) atoms. The third-order valence-corrected chi connectivity index (χ3v) is 5.50. The van der Waals surface area contributed by atoms with Crippen molar-refractivity contribution in [1.29, 1.82) is 0 Å². The van der Waals surface area contributed by atoms with Gasteiger partial charge in [0.1, 0.15) is 6.33 Å². The van der Waals surface area contributed by atoms with E-state index >= 15 is 0 Å². The molecule has 2 N–H and O–H groups in total. The van der Waals surface area contributed by atoms with Gasteiger partial charge in [0.2, 0.25) is 11.8 Å². The van der Waals surface area contributed by atoms with Crippen LogP contribution in [-0.4, -0.2) is 44.9 Å². The molecule has 1 heterocycles. The maximum absolute atomic E-state index is 12.0. The highest BCUT2D eigenvalue weighted by Gasteiger charge is 2.17. The Balaban J connectivity index is 1.40. The van der Waals surface area contributed by atoms with Crippen LogP contribution in [0.3, 0.4) is 0 Å². The Morgan fingerprint density at radius 3 is 2.67 bits per heavy atom. The van der Waals surface area contributed by atoms with Crippen LogP contribution in [0.2, 0.25) is 0 Å². The second kappa shape index (κ2) is 9.55. The molecule has 8 heteroatoms. The average molecular weight is 388 g/mol. The van der Waals surface area contributed by atoms with Crippen LogP contribution < -0.4 is 10.6 Å². The summed E-state index contributed by atoms with van der Waals surface area (Å²) in [5.74, 6) is 0.121. The molecule has 1 aromatic heterocycles. The number of nitrogens with one attached hydrogen (secondary N) is 2. The monoisotopic (exact) mass is 387 g/mol. The molecule has 1 aromatic carbocycles. The summed E-state index contributed by atoms with van der Waals surface area (Å²) >= 11 is 1.32. The number of carbonyl (C=O) groups is 2. The van der Waals surface area contributed by atoms with Gasteiger partial charge in [-0.2, -0.15) is 0 Å². The number of thioether (sulfide) groups is 1. The SMILES string of the molecule is Cc1ccc(-n2cnnc2SCC(=O)NCCC(=O)NC2CCCC2)cc1. The first-order valence-electron chi connectivity index (χ1n) is 9.28. The molecule has 0 unspecified atom stereocenters. The molecular formula is C19H25N5O2S. The van der Waals surface area contributed by atoms with Crippen LogP contribution in [0.1, 0.15) is 37.7 Å². The van der Waals surface area contributed by atoms with Gasteiger partial charge >= 0.3 is 0 Å². The first-order valence-corrected chi connectivity index (χ1v) is 10.3. The van der Waals surface area contributed by atoms with E-state index in [1.54, 1.807) is 6.33 Å². The summed E-state index contributed by atoms with van der Waals surface area (Å²) in [5, 5.41) is 14.5. The molecule has 3 rings (SSSR count). The normalized spacial score (nSPS) is 14.3. The molecule has 0 bridgehead atoms. The number of hydrogen-bond donors (Lipinski definition) is 2. The van der Waals surface area contributed by atoms with Gasteiger partial charge in [0.15, 0.2) is 5.16 Å². The first kappa shape index (κ1) is 19.4. The molecule has 2 amide bonds. The molecule has 0 spiro atoms. The lowest BCUT2D eigenvalue weighted by molar-refractivity contribution is -0.122. The van der Waals surface area contributed by atoms with E-state index in [1.807, 2.05) is 35.8 Å². The summed E-state index contributed by atoms with van der Waals surface area (Å²) in [6.45, 7) is 2.38. The van der Waals surface area contributed by atoms with Gasteiger partial charge in [0, 0.05) is 24.7 Å². The lowest BCUT2D eigenvalue weighted by Gasteiger charge is -2.12. The Hall–Kier alpha value is -2.35. The van der Waals surface area contributed by atoms with Crippen LogP contribution in [0.4, 0.5) is 0 Å². The second-order valence-corrected chi connectivity index (χ2v) is 7.70. The van der Waals surface area contributed by atoms with E-state index in [2.05, 4.69) is 20.8 Å². The third kappa shape index (κ3) is 5.82. The zero-order chi connectivity index (χ0) is 19.1. The van der Waals surface area contributed by atoms with Crippen molar-refractivity contribution in [2.24, 2.45) is 0 Å². The topological polar surface area (TPSA) is 88.9 Å². The first-order chi connectivity index (χ1) is 13.1. The molecule has 1 aliphatic carbocycles. The number of aromatic nitrogens is 3. The Bertz CT molecular complexity index is 769. The fourth-order valence-electron chi connectivity index (χ4n) is 3.07. The van der Waals surface area contributed by atoms with Gasteiger partial charge < -0.3 is 10.6 Å². The van der Waals surface area contributed by atoms with Crippen LogP contribution >= 0.6 is 11.8 Å². The lowest BCUT2D eigenvalue weighted by Crippen LogP contribution is -2.36. The number of nitrogens with zero attached hydrogens (tertiary/aromatic N) is 3. The van der Waals surface area contributed by atoms with E-state index in [0.717, 1.165) is 18.5 Å². The Labute approximate surface area is 163 Å². The molecule has 1 saturated carbocycles. The van der Waals surface area contributed by atoms with Gasteiger partial charge in [-0.1, -0.05) is 42.3 Å². The number of hydrogen-bond acceptors (Lipinski definition) is 5. The van der Waals surface area contributed by atoms with Crippen molar-refractivity contribution in [3.8, 4) is 5.69 Å². The standard InChI is InChI=1S/C19H25N5O2S/c1-14-6-8-16(9-7-14)24-13-21-23-19(24)27-12-18(26)20-11-10-17(25)22-15-4-2-3-5-15/h6-9,13,15H,2-5,10-12H2,1H3,(H,20,26)(H,22,25). The summed E-state index contributed by atoms with van der Waals surface area (Å²) in [6.07, 6.45) is 6.45. The van der Waals surface area contributed by atoms with Gasteiger partial charge in [0.25, 0.3) is 0 Å². The highest BCUT2D eigenvalue weighted by atomic mass is 32.2. The summed E-state index contributed by atoms with van der Waals surface area (Å²) in [4.78, 5) is 23.9. The van der Waals surface area contributed by atoms with Crippen LogP contribution in [0, 0.1) is 6.92 Å². The predicted molar refractivity (Wildman–Crippen MR) is 105 cm³/mol. The largest absolute Gasteiger partial charge is 0.355 e. The van der Waals surface area contributed by atoms with Crippen LogP contribution in [-0.2, 0) is 9.59 Å². The van der Waals surface area contributed by atoms with Crippen molar-refractivity contribution in [2.75, 3.05) is 12.3 Å². The molecule has 144 valence electrons. The molecule has 0 saturated heterocycles. The van der Waals surface area contributed by atoms with Crippen molar-refractivity contribution in [3.63, 3.8) is 0 Å². The smallest absolute Gasteiger partial charge is 0.230 e. The second-order valence-electron chi connectivity index (χ2n) is 6.76. The number of benzene rings is 1. The van der Waals surface area contributed by atoms with Crippen molar-refractivity contribution >= 4 is 23.6 Å². The summed E-state index contributed by atoms with van der Waals surface area (Å²) < 4.78 is 1.85. The Morgan fingerprint density at radius 2 is 1.93 bits per heavy atom. The third-order valence-electron chi connectivity index (χ3n) is 4.56. The minimum Gasteiger partial charge on any atom is -0.355 e. The molecule has 1 fully saturated rings. The van der Waals surface area contributed by atoms with Crippen molar-refractivity contribution in [1.82, 2.24) is 25.4 Å². The van der Waals surface area contributed by atoms with Gasteiger partial charge in [-0.25, -0.2) is 0 Å². The van der Waals surface area contributed by atoms with E-state index in [1.165, 1.54) is 30.2 Å². The zero-order valence-corrected chi connectivity index (χ0v) is 16.3. The van der Waals surface area contributed by atoms with Gasteiger partial charge in [-0.05, 0) is 31.9 Å². The number of aryl methyl sites for hydroxylation is 1. The molecule has 0 aliphatic heterocycles. The van der Waals surface area contributed by atoms with E-state index in [4.69, 9.17) is 0 Å². The average Bonchev–Trinajstić information content (AvgIpc) is 3.32. The maximum atomic E-state index is 12.0. The summed E-state index contributed by atoms with van der Waals surface area (Å²) in [6, 6.07) is 8.34. The molecule has 1 aliphatic rings. The van der Waals surface area contributed by atoms with Crippen LogP contribution in [0.5, 0.6) is 0 Å². The molecular weight excluding hydrogens is 362 g/mol. The number of amides is 2. The molecule has 0 atom stereocenters. The van der Waals surface area contributed by atoms with E-state index in [-0.39, 0.29) is 17.6 Å². The van der Waals surface area contributed by atoms with Gasteiger partial charge in [-0.3, -0.25) is 14.2 Å². The minimum atomic E-state index is -0.118. The van der Waals surface area contributed by atoms with E-state index < -0.39 is 0 Å². The number of rotatable bonds is 8. The van der Waals surface area contributed by atoms with E-state index in [9.17, 15) is 9.59 Å². The predicted octanol–water partition coefficient (Wildman–Crippen LogP) is 2.23. The Kier molecular flexibility index (Phi) is 6.86. The summed E-state index contributed by atoms with van der Waals surface area (Å²) in [5.41, 5.74) is 2.13. The fourth-order valence-corrected chi connectivity index (χ4v) is 3.83. The van der Waals surface area contributed by atoms with Gasteiger partial charge in [-0.15, -0.1) is 10.2 Å². The van der Waals surface area contributed by atoms with Crippen molar-refractivity contribution in [3.05, 3.63) is 36.2 Å². The zero-order valence-electron chi connectivity index (χ0n) is 15.5.